The summed E-state index contributed by atoms with van der Waals surface area (Å²) in [6, 6.07) is -0.749. The highest BCUT2D eigenvalue weighted by Gasteiger charge is 2.25. The summed E-state index contributed by atoms with van der Waals surface area (Å²) in [7, 11) is 5.35. The number of esters is 2. The molecule has 0 aromatic rings. The third-order valence-electron chi connectivity index (χ3n) is 8.42. The number of allylic oxidation sites excluding steroid dienone is 18. The van der Waals surface area contributed by atoms with Crippen LogP contribution in [0, 0.1) is 0 Å². The summed E-state index contributed by atoms with van der Waals surface area (Å²) in [5.74, 6) is -1.90. The van der Waals surface area contributed by atoms with Crippen LogP contribution in [-0.2, 0) is 28.6 Å². The molecule has 56 heavy (non-hydrogen) atoms. The summed E-state index contributed by atoms with van der Waals surface area (Å²) in [4.78, 5) is 36.8. The van der Waals surface area contributed by atoms with E-state index in [1.54, 1.807) is 21.1 Å². The smallest absolute Gasteiger partial charge is 0.306 e. The minimum Gasteiger partial charge on any atom is -0.544 e. The van der Waals surface area contributed by atoms with E-state index in [2.05, 4.69) is 111 Å². The van der Waals surface area contributed by atoms with Crippen molar-refractivity contribution in [2.75, 3.05) is 41.0 Å². The van der Waals surface area contributed by atoms with E-state index in [0.29, 0.717) is 12.8 Å². The minimum absolute atomic E-state index is 0.00344. The molecule has 0 aromatic heterocycles. The van der Waals surface area contributed by atoms with Gasteiger partial charge in [-0.05, 0) is 83.5 Å². The summed E-state index contributed by atoms with van der Waals surface area (Å²) < 4.78 is 17.0. The molecule has 0 saturated carbocycles. The average molecular weight is 778 g/mol. The van der Waals surface area contributed by atoms with Crippen molar-refractivity contribution in [1.82, 2.24) is 0 Å². The Morgan fingerprint density at radius 1 is 0.536 bits per heavy atom. The standard InChI is InChI=1S/C48H75NO7/c1-6-8-10-12-14-16-18-20-22-24-26-28-30-32-34-36-38-46(50)55-43-44(42-54-41-40-45(48(52)53)49(3,4)5)56-47(51)39-37-35-33-31-29-27-25-23-21-19-17-15-13-11-9-7-2/h8-11,14-17,20-23,26-29,32,34,44-45H,6-7,12-13,18-19,24-25,30-31,33,35-43H2,1-5H3/b10-8+,11-9+,16-14+,17-15+,22-20+,23-21+,28-26+,29-27+,34-32+. The predicted octanol–water partition coefficient (Wildman–Crippen LogP) is 9.96. The molecule has 0 amide bonds. The Balaban J connectivity index is 4.58. The molecule has 2 atom stereocenters. The molecule has 0 aliphatic carbocycles. The van der Waals surface area contributed by atoms with E-state index in [1.165, 1.54) is 0 Å². The molecule has 0 aliphatic rings. The van der Waals surface area contributed by atoms with Crippen molar-refractivity contribution in [3.05, 3.63) is 109 Å². The first-order valence-electron chi connectivity index (χ1n) is 20.9. The second-order valence-corrected chi connectivity index (χ2v) is 14.5. The van der Waals surface area contributed by atoms with Gasteiger partial charge in [0.2, 0.25) is 0 Å². The lowest BCUT2D eigenvalue weighted by atomic mass is 10.1. The number of ether oxygens (including phenoxy) is 3. The van der Waals surface area contributed by atoms with Crippen molar-refractivity contribution >= 4 is 17.9 Å². The fourth-order valence-electron chi connectivity index (χ4n) is 5.23. The fourth-order valence-corrected chi connectivity index (χ4v) is 5.23. The number of likely N-dealkylation sites (N-methyl/N-ethyl adjacent to an activating group) is 1. The van der Waals surface area contributed by atoms with Crippen molar-refractivity contribution in [1.29, 1.82) is 0 Å². The monoisotopic (exact) mass is 778 g/mol. The van der Waals surface area contributed by atoms with Gasteiger partial charge >= 0.3 is 11.9 Å². The average Bonchev–Trinajstić information content (AvgIpc) is 3.15. The van der Waals surface area contributed by atoms with Crippen LogP contribution in [-0.4, -0.2) is 75.5 Å². The van der Waals surface area contributed by atoms with E-state index in [0.717, 1.165) is 77.0 Å². The Labute approximate surface area is 340 Å². The molecule has 0 heterocycles. The number of unbranched alkanes of at least 4 members (excludes halogenated alkanes) is 3. The van der Waals surface area contributed by atoms with Crippen molar-refractivity contribution < 1.29 is 38.2 Å². The first kappa shape index (κ1) is 52.0. The van der Waals surface area contributed by atoms with E-state index < -0.39 is 18.1 Å². The maximum absolute atomic E-state index is 12.7. The van der Waals surface area contributed by atoms with E-state index in [1.807, 2.05) is 12.2 Å². The molecular weight excluding hydrogens is 703 g/mol. The van der Waals surface area contributed by atoms with E-state index >= 15 is 0 Å². The van der Waals surface area contributed by atoms with Crippen LogP contribution in [0.25, 0.3) is 0 Å². The molecule has 2 unspecified atom stereocenters. The number of aliphatic carboxylic acids is 1. The van der Waals surface area contributed by atoms with Gasteiger partial charge < -0.3 is 28.6 Å². The predicted molar refractivity (Wildman–Crippen MR) is 231 cm³/mol. The van der Waals surface area contributed by atoms with Crippen molar-refractivity contribution in [3.63, 3.8) is 0 Å². The van der Waals surface area contributed by atoms with Gasteiger partial charge in [-0.2, -0.15) is 0 Å². The largest absolute Gasteiger partial charge is 0.544 e. The molecule has 8 heteroatoms. The van der Waals surface area contributed by atoms with Crippen molar-refractivity contribution in [2.24, 2.45) is 0 Å². The lowest BCUT2D eigenvalue weighted by molar-refractivity contribution is -0.889. The molecule has 8 nitrogen and oxygen atoms in total. The van der Waals surface area contributed by atoms with Crippen molar-refractivity contribution in [3.8, 4) is 0 Å². The highest BCUT2D eigenvalue weighted by Crippen LogP contribution is 2.10. The van der Waals surface area contributed by atoms with Gasteiger partial charge in [-0.25, -0.2) is 0 Å². The van der Waals surface area contributed by atoms with Crippen LogP contribution in [0.15, 0.2) is 109 Å². The molecule has 0 aromatic carbocycles. The molecule has 0 fully saturated rings. The van der Waals surface area contributed by atoms with Gasteiger partial charge in [0.1, 0.15) is 12.6 Å². The first-order valence-corrected chi connectivity index (χ1v) is 20.9. The van der Waals surface area contributed by atoms with Crippen LogP contribution in [0.2, 0.25) is 0 Å². The molecular formula is C48H75NO7. The molecule has 0 spiro atoms. The van der Waals surface area contributed by atoms with Crippen LogP contribution in [0.4, 0.5) is 0 Å². The normalized spacial score (nSPS) is 14.1. The Morgan fingerprint density at radius 2 is 0.982 bits per heavy atom. The maximum Gasteiger partial charge on any atom is 0.306 e. The van der Waals surface area contributed by atoms with Gasteiger partial charge in [-0.3, -0.25) is 9.59 Å². The van der Waals surface area contributed by atoms with Crippen LogP contribution in [0.5, 0.6) is 0 Å². The lowest BCUT2D eigenvalue weighted by Gasteiger charge is -2.34. The summed E-state index contributed by atoms with van der Waals surface area (Å²) in [6.07, 6.45) is 51.3. The number of hydrogen-bond donors (Lipinski definition) is 0. The summed E-state index contributed by atoms with van der Waals surface area (Å²) >= 11 is 0. The number of hydrogen-bond acceptors (Lipinski definition) is 7. The second kappa shape index (κ2) is 37.9. The van der Waals surface area contributed by atoms with Crippen LogP contribution in [0.3, 0.4) is 0 Å². The number of nitrogens with zero attached hydrogens (tertiary/aromatic N) is 1. The Morgan fingerprint density at radius 3 is 1.43 bits per heavy atom. The number of quaternary nitrogens is 1. The molecule has 0 N–H and O–H groups in total. The molecule has 0 rings (SSSR count). The fraction of sp³-hybridized carbons (Fsp3) is 0.562. The Bertz CT molecular complexity index is 1280. The van der Waals surface area contributed by atoms with Gasteiger partial charge in [-0.15, -0.1) is 0 Å². The third kappa shape index (κ3) is 35.7. The second-order valence-electron chi connectivity index (χ2n) is 14.5. The van der Waals surface area contributed by atoms with Crippen LogP contribution >= 0.6 is 0 Å². The maximum atomic E-state index is 12.7. The number of carboxylic acid groups (broad SMARTS) is 1. The zero-order valence-electron chi connectivity index (χ0n) is 35.5. The van der Waals surface area contributed by atoms with E-state index in [9.17, 15) is 19.5 Å². The van der Waals surface area contributed by atoms with Crippen LogP contribution < -0.4 is 5.11 Å². The van der Waals surface area contributed by atoms with E-state index in [-0.39, 0.29) is 55.5 Å². The summed E-state index contributed by atoms with van der Waals surface area (Å²) in [6.45, 7) is 4.28. The van der Waals surface area contributed by atoms with Crippen LogP contribution in [0.1, 0.15) is 123 Å². The highest BCUT2D eigenvalue weighted by atomic mass is 16.6. The lowest BCUT2D eigenvalue weighted by Crippen LogP contribution is -2.55. The topological polar surface area (TPSA) is 102 Å². The first-order chi connectivity index (χ1) is 27.1. The summed E-state index contributed by atoms with van der Waals surface area (Å²) in [5, 5.41) is 11.6. The van der Waals surface area contributed by atoms with Gasteiger partial charge in [0.25, 0.3) is 0 Å². The zero-order valence-corrected chi connectivity index (χ0v) is 35.5. The minimum atomic E-state index is -1.15. The molecule has 0 saturated heterocycles. The molecule has 0 radical (unpaired) electrons. The molecule has 314 valence electrons. The third-order valence-corrected chi connectivity index (χ3v) is 8.42. The Hall–Kier alpha value is -4.01. The molecule has 0 bridgehead atoms. The van der Waals surface area contributed by atoms with E-state index in [4.69, 9.17) is 14.2 Å². The SMILES string of the molecule is CC/C=C/C/C=C/C/C=C/C/C=C/C/C=C/CCC(=O)OCC(COCCC(C(=O)[O-])[N+](C)(C)C)OC(=O)CCCCC/C=C/C/C=C/C/C=C/C/C=C/CC. The number of carbonyl (C=O) groups excluding carboxylic acids is 3. The van der Waals surface area contributed by atoms with Gasteiger partial charge in [0.05, 0.1) is 40.3 Å². The quantitative estimate of drug-likeness (QED) is 0.0273. The Kier molecular flexibility index (Phi) is 35.2. The van der Waals surface area contributed by atoms with Gasteiger partial charge in [-0.1, -0.05) is 130 Å². The van der Waals surface area contributed by atoms with Crippen molar-refractivity contribution in [2.45, 2.75) is 135 Å². The number of carbonyl (C=O) groups is 3. The zero-order chi connectivity index (χ0) is 41.4. The number of carboxylic acids is 1. The number of rotatable bonds is 35. The summed E-state index contributed by atoms with van der Waals surface area (Å²) in [5.41, 5.74) is 0. The van der Waals surface area contributed by atoms with Gasteiger partial charge in [0.15, 0.2) is 6.10 Å². The highest BCUT2D eigenvalue weighted by molar-refractivity contribution is 5.70. The van der Waals surface area contributed by atoms with Gasteiger partial charge in [0, 0.05) is 19.3 Å². The molecule has 0 aliphatic heterocycles.